The number of carboxylic acids is 1. The molecule has 0 aromatic carbocycles. The second kappa shape index (κ2) is 3.34. The normalized spacial score (nSPS) is 25.7. The second-order valence-electron chi connectivity index (χ2n) is 3.92. The number of aryl methyl sites for hydroxylation is 2. The number of nitrogens with zero attached hydrogens (tertiary/aromatic N) is 2. The minimum atomic E-state index is -1.22. The van der Waals surface area contributed by atoms with Crippen molar-refractivity contribution in [2.75, 3.05) is 6.61 Å². The Hall–Kier alpha value is -1.36. The molecule has 15 heavy (non-hydrogen) atoms. The Morgan fingerprint density at radius 2 is 2.47 bits per heavy atom. The van der Waals surface area contributed by atoms with Crippen LogP contribution in [-0.4, -0.2) is 27.5 Å². The highest BCUT2D eigenvalue weighted by Gasteiger charge is 2.47. The van der Waals surface area contributed by atoms with E-state index in [4.69, 9.17) is 4.74 Å². The van der Waals surface area contributed by atoms with Gasteiger partial charge in [0.2, 0.25) is 5.60 Å². The zero-order chi connectivity index (χ0) is 11.1. The molecule has 2 rings (SSSR count). The number of aliphatic carboxylic acids is 1. The lowest BCUT2D eigenvalue weighted by atomic mass is 9.94. The maximum atomic E-state index is 11.3. The Kier molecular flexibility index (Phi) is 2.26. The molecule has 82 valence electrons. The van der Waals surface area contributed by atoms with Crippen molar-refractivity contribution in [3.63, 3.8) is 0 Å². The third-order valence-corrected chi connectivity index (χ3v) is 2.76. The van der Waals surface area contributed by atoms with E-state index in [0.29, 0.717) is 18.7 Å². The minimum absolute atomic E-state index is 0.488. The Morgan fingerprint density at radius 1 is 1.73 bits per heavy atom. The largest absolute Gasteiger partial charge is 0.479 e. The molecule has 0 bridgehead atoms. The van der Waals surface area contributed by atoms with Crippen LogP contribution in [0.3, 0.4) is 0 Å². The van der Waals surface area contributed by atoms with E-state index in [0.717, 1.165) is 12.0 Å². The fourth-order valence-corrected chi connectivity index (χ4v) is 2.10. The maximum absolute atomic E-state index is 11.3. The van der Waals surface area contributed by atoms with Gasteiger partial charge in [-0.2, -0.15) is 5.10 Å². The van der Waals surface area contributed by atoms with Gasteiger partial charge in [-0.1, -0.05) is 0 Å². The highest BCUT2D eigenvalue weighted by molar-refractivity contribution is 5.79. The van der Waals surface area contributed by atoms with Crippen molar-refractivity contribution < 1.29 is 14.6 Å². The average molecular weight is 210 g/mol. The first-order valence-corrected chi connectivity index (χ1v) is 4.94. The molecule has 1 saturated heterocycles. The van der Waals surface area contributed by atoms with E-state index in [1.807, 2.05) is 13.1 Å². The zero-order valence-electron chi connectivity index (χ0n) is 8.86. The third kappa shape index (κ3) is 1.43. The van der Waals surface area contributed by atoms with Gasteiger partial charge in [0.25, 0.3) is 0 Å². The van der Waals surface area contributed by atoms with E-state index >= 15 is 0 Å². The summed E-state index contributed by atoms with van der Waals surface area (Å²) in [5.41, 5.74) is 0.183. The number of rotatable bonds is 2. The van der Waals surface area contributed by atoms with Gasteiger partial charge in [0.15, 0.2) is 0 Å². The van der Waals surface area contributed by atoms with Gasteiger partial charge in [-0.05, 0) is 25.3 Å². The molecule has 0 spiro atoms. The van der Waals surface area contributed by atoms with Gasteiger partial charge in [-0.3, -0.25) is 4.68 Å². The van der Waals surface area contributed by atoms with Gasteiger partial charge in [0.1, 0.15) is 5.69 Å². The number of ether oxygens (including phenoxy) is 1. The Labute approximate surface area is 87.7 Å². The summed E-state index contributed by atoms with van der Waals surface area (Å²) in [6.07, 6.45) is 3.07. The van der Waals surface area contributed by atoms with Crippen LogP contribution >= 0.6 is 0 Å². The standard InChI is InChI=1S/C10H14N2O3/c1-7-6-12(2)11-8(7)10(9(13)14)4-3-5-15-10/h6H,3-5H2,1-2H3,(H,13,14). The monoisotopic (exact) mass is 210 g/mol. The van der Waals surface area contributed by atoms with E-state index in [-0.39, 0.29) is 0 Å². The van der Waals surface area contributed by atoms with Gasteiger partial charge in [0, 0.05) is 19.9 Å². The van der Waals surface area contributed by atoms with Crippen LogP contribution in [0.25, 0.3) is 0 Å². The molecule has 1 aliphatic rings. The average Bonchev–Trinajstić information content (AvgIpc) is 2.72. The summed E-state index contributed by atoms with van der Waals surface area (Å²) in [5, 5.41) is 13.5. The van der Waals surface area contributed by atoms with Crippen LogP contribution in [0.4, 0.5) is 0 Å². The summed E-state index contributed by atoms with van der Waals surface area (Å²) in [6.45, 7) is 2.34. The molecule has 0 saturated carbocycles. The Morgan fingerprint density at radius 3 is 2.87 bits per heavy atom. The molecule has 5 heteroatoms. The number of hydrogen-bond acceptors (Lipinski definition) is 3. The summed E-state index contributed by atoms with van der Waals surface area (Å²) in [7, 11) is 1.78. The molecule has 1 N–H and O–H groups in total. The van der Waals surface area contributed by atoms with Gasteiger partial charge in [-0.15, -0.1) is 0 Å². The van der Waals surface area contributed by atoms with Crippen LogP contribution in [0.1, 0.15) is 24.1 Å². The van der Waals surface area contributed by atoms with E-state index in [9.17, 15) is 9.90 Å². The highest BCUT2D eigenvalue weighted by Crippen LogP contribution is 2.36. The van der Waals surface area contributed by atoms with Crippen molar-refractivity contribution in [1.29, 1.82) is 0 Å². The van der Waals surface area contributed by atoms with Gasteiger partial charge < -0.3 is 9.84 Å². The molecular formula is C10H14N2O3. The smallest absolute Gasteiger partial charge is 0.342 e. The minimum Gasteiger partial charge on any atom is -0.479 e. The van der Waals surface area contributed by atoms with Crippen molar-refractivity contribution in [1.82, 2.24) is 9.78 Å². The number of aromatic nitrogens is 2. The van der Waals surface area contributed by atoms with E-state index in [2.05, 4.69) is 5.10 Å². The third-order valence-electron chi connectivity index (χ3n) is 2.76. The number of carboxylic acid groups (broad SMARTS) is 1. The summed E-state index contributed by atoms with van der Waals surface area (Å²) in [4.78, 5) is 11.3. The number of hydrogen-bond donors (Lipinski definition) is 1. The van der Waals surface area contributed by atoms with Crippen LogP contribution in [0, 0.1) is 6.92 Å². The predicted molar refractivity (Wildman–Crippen MR) is 52.4 cm³/mol. The van der Waals surface area contributed by atoms with Crippen molar-refractivity contribution in [2.24, 2.45) is 7.05 Å². The van der Waals surface area contributed by atoms with Crippen LogP contribution < -0.4 is 0 Å². The summed E-state index contributed by atoms with van der Waals surface area (Å²) in [6, 6.07) is 0. The quantitative estimate of drug-likeness (QED) is 0.784. The summed E-state index contributed by atoms with van der Waals surface area (Å²) in [5.74, 6) is -0.943. The predicted octanol–water partition coefficient (Wildman–Crippen LogP) is 0.819. The van der Waals surface area contributed by atoms with E-state index in [1.54, 1.807) is 11.7 Å². The lowest BCUT2D eigenvalue weighted by Gasteiger charge is -2.21. The molecule has 2 heterocycles. The molecule has 1 fully saturated rings. The molecule has 0 amide bonds. The molecule has 1 aliphatic heterocycles. The van der Waals surface area contributed by atoms with Crippen LogP contribution in [0.2, 0.25) is 0 Å². The molecular weight excluding hydrogens is 196 g/mol. The molecule has 1 unspecified atom stereocenters. The van der Waals surface area contributed by atoms with Crippen LogP contribution in [-0.2, 0) is 22.2 Å². The fraction of sp³-hybridized carbons (Fsp3) is 0.600. The first-order valence-electron chi connectivity index (χ1n) is 4.94. The van der Waals surface area contributed by atoms with E-state index in [1.165, 1.54) is 0 Å². The molecule has 1 aromatic rings. The van der Waals surface area contributed by atoms with Crippen molar-refractivity contribution in [2.45, 2.75) is 25.4 Å². The maximum Gasteiger partial charge on any atom is 0.342 e. The van der Waals surface area contributed by atoms with E-state index < -0.39 is 11.6 Å². The Balaban J connectivity index is 2.49. The summed E-state index contributed by atoms with van der Waals surface area (Å²) < 4.78 is 7.03. The van der Waals surface area contributed by atoms with Crippen LogP contribution in [0.5, 0.6) is 0 Å². The lowest BCUT2D eigenvalue weighted by molar-refractivity contribution is -0.161. The molecule has 0 aliphatic carbocycles. The first-order chi connectivity index (χ1) is 7.06. The van der Waals surface area contributed by atoms with Gasteiger partial charge in [0.05, 0.1) is 0 Å². The Bertz CT molecular complexity index is 391. The lowest BCUT2D eigenvalue weighted by Crippen LogP contribution is -2.36. The molecule has 1 aromatic heterocycles. The second-order valence-corrected chi connectivity index (χ2v) is 3.92. The topological polar surface area (TPSA) is 64.4 Å². The van der Waals surface area contributed by atoms with Gasteiger partial charge in [-0.25, -0.2) is 4.79 Å². The van der Waals surface area contributed by atoms with Gasteiger partial charge >= 0.3 is 5.97 Å². The summed E-state index contributed by atoms with van der Waals surface area (Å²) >= 11 is 0. The molecule has 5 nitrogen and oxygen atoms in total. The van der Waals surface area contributed by atoms with Crippen molar-refractivity contribution in [3.05, 3.63) is 17.5 Å². The molecule has 1 atom stereocenters. The fourth-order valence-electron chi connectivity index (χ4n) is 2.10. The zero-order valence-corrected chi connectivity index (χ0v) is 8.86. The SMILES string of the molecule is Cc1cn(C)nc1C1(C(=O)O)CCCO1. The van der Waals surface area contributed by atoms with Crippen molar-refractivity contribution >= 4 is 5.97 Å². The molecule has 0 radical (unpaired) electrons. The number of carbonyl (C=O) groups is 1. The van der Waals surface area contributed by atoms with Crippen molar-refractivity contribution in [3.8, 4) is 0 Å². The first kappa shape index (κ1) is 10.2. The highest BCUT2D eigenvalue weighted by atomic mass is 16.5. The van der Waals surface area contributed by atoms with Crippen LogP contribution in [0.15, 0.2) is 6.20 Å².